The summed E-state index contributed by atoms with van der Waals surface area (Å²) in [7, 11) is 1.65. The standard InChI is InChI=1S/C19H26N2O3/c1-23-17-7-6-14(12-18(17)24-16-4-2-3-5-16)19(13-20)10-8-15(21-22)9-11-19/h6-7,12,15-16,21-22H,2-5,8-11H2,1H3. The maximum Gasteiger partial charge on any atom is 0.161 e. The average molecular weight is 330 g/mol. The molecule has 0 radical (unpaired) electrons. The van der Waals surface area contributed by atoms with Gasteiger partial charge in [0, 0.05) is 6.04 Å². The smallest absolute Gasteiger partial charge is 0.161 e. The summed E-state index contributed by atoms with van der Waals surface area (Å²) >= 11 is 0. The van der Waals surface area contributed by atoms with Gasteiger partial charge in [0.1, 0.15) is 0 Å². The highest BCUT2D eigenvalue weighted by atomic mass is 16.5. The first kappa shape index (κ1) is 17.1. The highest BCUT2D eigenvalue weighted by Gasteiger charge is 2.37. The quantitative estimate of drug-likeness (QED) is 0.805. The molecule has 0 saturated heterocycles. The molecule has 0 unspecified atom stereocenters. The molecule has 0 spiro atoms. The Morgan fingerprint density at radius 1 is 1.17 bits per heavy atom. The van der Waals surface area contributed by atoms with E-state index in [1.54, 1.807) is 7.11 Å². The molecule has 24 heavy (non-hydrogen) atoms. The van der Waals surface area contributed by atoms with Crippen molar-refractivity contribution in [2.24, 2.45) is 0 Å². The predicted octanol–water partition coefficient (Wildman–Crippen LogP) is 3.70. The zero-order valence-electron chi connectivity index (χ0n) is 14.3. The first-order valence-electron chi connectivity index (χ1n) is 8.87. The Bertz CT molecular complexity index is 597. The topological polar surface area (TPSA) is 74.5 Å². The summed E-state index contributed by atoms with van der Waals surface area (Å²) in [5.41, 5.74) is 2.83. The van der Waals surface area contributed by atoms with Crippen LogP contribution in [0.25, 0.3) is 0 Å². The van der Waals surface area contributed by atoms with Crippen molar-refractivity contribution in [3.63, 3.8) is 0 Å². The molecular weight excluding hydrogens is 304 g/mol. The van der Waals surface area contributed by atoms with Crippen LogP contribution in [0, 0.1) is 11.3 Å². The van der Waals surface area contributed by atoms with E-state index in [0.29, 0.717) is 0 Å². The largest absolute Gasteiger partial charge is 0.493 e. The van der Waals surface area contributed by atoms with Crippen molar-refractivity contribution in [2.75, 3.05) is 7.11 Å². The van der Waals surface area contributed by atoms with Gasteiger partial charge in [0.05, 0.1) is 24.7 Å². The van der Waals surface area contributed by atoms with Gasteiger partial charge in [-0.2, -0.15) is 5.26 Å². The van der Waals surface area contributed by atoms with E-state index in [-0.39, 0.29) is 12.1 Å². The Hall–Kier alpha value is -1.77. The molecule has 2 aliphatic rings. The molecule has 2 N–H and O–H groups in total. The monoisotopic (exact) mass is 330 g/mol. The SMILES string of the molecule is COc1ccc(C2(C#N)CCC(NO)CC2)cc1OC1CCCC1. The molecule has 0 aromatic heterocycles. The Labute approximate surface area is 143 Å². The predicted molar refractivity (Wildman–Crippen MR) is 90.3 cm³/mol. The van der Waals surface area contributed by atoms with Gasteiger partial charge in [-0.25, -0.2) is 5.48 Å². The maximum atomic E-state index is 9.85. The normalized spacial score (nSPS) is 27.6. The summed E-state index contributed by atoms with van der Waals surface area (Å²) < 4.78 is 11.6. The summed E-state index contributed by atoms with van der Waals surface area (Å²) in [6, 6.07) is 8.50. The van der Waals surface area contributed by atoms with Gasteiger partial charge in [0.15, 0.2) is 11.5 Å². The van der Waals surface area contributed by atoms with Crippen molar-refractivity contribution in [3.05, 3.63) is 23.8 Å². The summed E-state index contributed by atoms with van der Waals surface area (Å²) in [4.78, 5) is 0. The molecule has 0 amide bonds. The number of hydrogen-bond acceptors (Lipinski definition) is 5. The van der Waals surface area contributed by atoms with E-state index in [2.05, 4.69) is 11.5 Å². The second kappa shape index (κ2) is 7.42. The molecule has 0 atom stereocenters. The second-order valence-electron chi connectivity index (χ2n) is 6.99. The minimum atomic E-state index is -0.507. The van der Waals surface area contributed by atoms with E-state index < -0.39 is 5.41 Å². The number of nitrogens with one attached hydrogen (secondary N) is 1. The molecule has 0 bridgehead atoms. The lowest BCUT2D eigenvalue weighted by molar-refractivity contribution is 0.0973. The molecule has 5 heteroatoms. The number of hydrogen-bond donors (Lipinski definition) is 2. The van der Waals surface area contributed by atoms with Crippen molar-refractivity contribution in [3.8, 4) is 17.6 Å². The van der Waals surface area contributed by atoms with E-state index >= 15 is 0 Å². The molecule has 2 aliphatic carbocycles. The Morgan fingerprint density at radius 2 is 1.88 bits per heavy atom. The molecule has 2 fully saturated rings. The molecule has 1 aromatic carbocycles. The zero-order chi connectivity index (χ0) is 17.0. The Balaban J connectivity index is 1.85. The van der Waals surface area contributed by atoms with E-state index in [1.165, 1.54) is 12.8 Å². The summed E-state index contributed by atoms with van der Waals surface area (Å²) in [5, 5.41) is 19.0. The first-order chi connectivity index (χ1) is 11.7. The van der Waals surface area contributed by atoms with Crippen LogP contribution < -0.4 is 15.0 Å². The number of nitriles is 1. The van der Waals surface area contributed by atoms with Crippen LogP contribution in [0.5, 0.6) is 11.5 Å². The average Bonchev–Trinajstić information content (AvgIpc) is 3.15. The molecule has 0 aliphatic heterocycles. The summed E-state index contributed by atoms with van der Waals surface area (Å²) in [5.74, 6) is 1.48. The van der Waals surface area contributed by atoms with E-state index in [4.69, 9.17) is 14.7 Å². The minimum Gasteiger partial charge on any atom is -0.493 e. The van der Waals surface area contributed by atoms with Gasteiger partial charge in [-0.15, -0.1) is 0 Å². The zero-order valence-corrected chi connectivity index (χ0v) is 14.3. The van der Waals surface area contributed by atoms with Gasteiger partial charge >= 0.3 is 0 Å². The van der Waals surface area contributed by atoms with Crippen LogP contribution in [0.4, 0.5) is 0 Å². The van der Waals surface area contributed by atoms with E-state index in [1.807, 2.05) is 18.2 Å². The molecule has 0 heterocycles. The number of nitrogens with zero attached hydrogens (tertiary/aromatic N) is 1. The third-order valence-electron chi connectivity index (χ3n) is 5.55. The third-order valence-corrected chi connectivity index (χ3v) is 5.55. The molecular formula is C19H26N2O3. The van der Waals surface area contributed by atoms with Crippen molar-refractivity contribution in [1.29, 1.82) is 5.26 Å². The fraction of sp³-hybridized carbons (Fsp3) is 0.632. The lowest BCUT2D eigenvalue weighted by atomic mass is 9.69. The highest BCUT2D eigenvalue weighted by molar-refractivity contribution is 5.47. The number of hydroxylamine groups is 1. The van der Waals surface area contributed by atoms with Gasteiger partial charge in [0.2, 0.25) is 0 Å². The molecule has 5 nitrogen and oxygen atoms in total. The van der Waals surface area contributed by atoms with Crippen molar-refractivity contribution < 1.29 is 14.7 Å². The van der Waals surface area contributed by atoms with Gasteiger partial charge in [-0.1, -0.05) is 6.07 Å². The second-order valence-corrected chi connectivity index (χ2v) is 6.99. The lowest BCUT2D eigenvalue weighted by Gasteiger charge is -2.35. The Kier molecular flexibility index (Phi) is 5.27. The minimum absolute atomic E-state index is 0.0823. The van der Waals surface area contributed by atoms with Crippen LogP contribution in [0.3, 0.4) is 0 Å². The number of methoxy groups -OCH3 is 1. The van der Waals surface area contributed by atoms with Crippen molar-refractivity contribution >= 4 is 0 Å². The number of ether oxygens (including phenoxy) is 2. The Morgan fingerprint density at radius 3 is 2.46 bits per heavy atom. The van der Waals surface area contributed by atoms with Gasteiger partial charge in [-0.05, 0) is 69.1 Å². The van der Waals surface area contributed by atoms with Crippen LogP contribution in [-0.4, -0.2) is 24.5 Å². The summed E-state index contributed by atoms with van der Waals surface area (Å²) in [6.07, 6.45) is 7.88. The van der Waals surface area contributed by atoms with E-state index in [9.17, 15) is 5.26 Å². The number of rotatable bonds is 5. The van der Waals surface area contributed by atoms with Crippen molar-refractivity contribution in [1.82, 2.24) is 5.48 Å². The van der Waals surface area contributed by atoms with Gasteiger partial charge in [0.25, 0.3) is 0 Å². The third kappa shape index (κ3) is 3.35. The van der Waals surface area contributed by atoms with E-state index in [0.717, 1.165) is 55.6 Å². The van der Waals surface area contributed by atoms with Crippen LogP contribution >= 0.6 is 0 Å². The first-order valence-corrected chi connectivity index (χ1v) is 8.87. The molecule has 130 valence electrons. The van der Waals surface area contributed by atoms with Crippen LogP contribution in [0.15, 0.2) is 18.2 Å². The summed E-state index contributed by atoms with van der Waals surface area (Å²) in [6.45, 7) is 0. The lowest BCUT2D eigenvalue weighted by Crippen LogP contribution is -2.37. The van der Waals surface area contributed by atoms with Gasteiger partial charge < -0.3 is 14.7 Å². The number of benzene rings is 1. The fourth-order valence-corrected chi connectivity index (χ4v) is 3.96. The fourth-order valence-electron chi connectivity index (χ4n) is 3.96. The van der Waals surface area contributed by atoms with Gasteiger partial charge in [-0.3, -0.25) is 0 Å². The maximum absolute atomic E-state index is 9.85. The molecule has 2 saturated carbocycles. The van der Waals surface area contributed by atoms with Crippen LogP contribution in [0.2, 0.25) is 0 Å². The van der Waals surface area contributed by atoms with Crippen LogP contribution in [-0.2, 0) is 5.41 Å². The molecule has 1 aromatic rings. The van der Waals surface area contributed by atoms with Crippen LogP contribution in [0.1, 0.15) is 56.9 Å². The highest BCUT2D eigenvalue weighted by Crippen LogP contribution is 2.42. The van der Waals surface area contributed by atoms with Crippen molar-refractivity contribution in [2.45, 2.75) is 68.9 Å². The molecule has 3 rings (SSSR count).